The molecule has 3 heterocycles. The highest BCUT2D eigenvalue weighted by Crippen LogP contribution is 2.29. The summed E-state index contributed by atoms with van der Waals surface area (Å²) >= 11 is 0. The molecular weight excluding hydrogens is 378 g/mol. The molecule has 28 heavy (non-hydrogen) atoms. The van der Waals surface area contributed by atoms with Crippen LogP contribution in [0, 0.1) is 13.8 Å². The molecule has 0 saturated carbocycles. The van der Waals surface area contributed by atoms with Gasteiger partial charge in [0.05, 0.1) is 23.2 Å². The van der Waals surface area contributed by atoms with Gasteiger partial charge in [0.15, 0.2) is 15.6 Å². The molecular formula is C20H21N3O4S. The topological polar surface area (TPSA) is 91.0 Å². The fourth-order valence-corrected chi connectivity index (χ4v) is 5.81. The van der Waals surface area contributed by atoms with Crippen molar-refractivity contribution in [2.75, 3.05) is 11.5 Å². The van der Waals surface area contributed by atoms with E-state index in [1.807, 2.05) is 24.5 Å². The minimum atomic E-state index is -3.01. The summed E-state index contributed by atoms with van der Waals surface area (Å²) in [5.41, 5.74) is 2.64. The quantitative estimate of drug-likeness (QED) is 0.626. The first kappa shape index (κ1) is 18.6. The zero-order valence-electron chi connectivity index (χ0n) is 15.8. The van der Waals surface area contributed by atoms with E-state index < -0.39 is 9.84 Å². The number of hydrogen-bond donors (Lipinski definition) is 0. The van der Waals surface area contributed by atoms with Crippen molar-refractivity contribution in [1.29, 1.82) is 0 Å². The summed E-state index contributed by atoms with van der Waals surface area (Å²) < 4.78 is 27.2. The average Bonchev–Trinajstić information content (AvgIpc) is 3.15. The van der Waals surface area contributed by atoms with Crippen molar-refractivity contribution in [3.05, 3.63) is 63.7 Å². The van der Waals surface area contributed by atoms with Crippen LogP contribution >= 0.6 is 0 Å². The molecule has 3 aromatic rings. The van der Waals surface area contributed by atoms with Gasteiger partial charge in [-0.3, -0.25) is 14.3 Å². The Morgan fingerprint density at radius 2 is 2.00 bits per heavy atom. The molecule has 1 saturated heterocycles. The van der Waals surface area contributed by atoms with Crippen LogP contribution in [0.3, 0.4) is 0 Å². The van der Waals surface area contributed by atoms with Gasteiger partial charge in [0.1, 0.15) is 6.54 Å². The van der Waals surface area contributed by atoms with Crippen LogP contribution in [-0.2, 0) is 16.4 Å². The van der Waals surface area contributed by atoms with Crippen molar-refractivity contribution in [3.63, 3.8) is 0 Å². The number of sulfone groups is 1. The molecule has 7 nitrogen and oxygen atoms in total. The predicted octanol–water partition coefficient (Wildman–Crippen LogP) is 2.06. The number of rotatable bonds is 4. The van der Waals surface area contributed by atoms with Crippen LogP contribution in [0.25, 0.3) is 10.9 Å². The Balaban J connectivity index is 1.68. The third-order valence-electron chi connectivity index (χ3n) is 5.41. The summed E-state index contributed by atoms with van der Waals surface area (Å²) in [4.78, 5) is 25.0. The Hall–Kier alpha value is -2.74. The molecule has 0 aliphatic carbocycles. The van der Waals surface area contributed by atoms with Crippen molar-refractivity contribution in [2.24, 2.45) is 0 Å². The third-order valence-corrected chi connectivity index (χ3v) is 7.16. The Labute approximate surface area is 162 Å². The highest BCUT2D eigenvalue weighted by atomic mass is 32.2. The standard InChI is InChI=1S/C20H21N3O4S/c1-13-9-17(14(2)23(13)15-7-8-28(26,27)12-15)20(25)11-22-18-6-4-3-5-16(18)19(24)10-21-22/h3-6,9-10,15H,7-8,11-12H2,1-2H3/t15-/m0/s1. The number of fused-ring (bicyclic) bond motifs is 1. The van der Waals surface area contributed by atoms with Crippen molar-refractivity contribution < 1.29 is 13.2 Å². The second kappa shape index (κ2) is 6.70. The van der Waals surface area contributed by atoms with E-state index in [4.69, 9.17) is 0 Å². The maximum absolute atomic E-state index is 13.0. The van der Waals surface area contributed by atoms with Gasteiger partial charge >= 0.3 is 0 Å². The second-order valence-corrected chi connectivity index (χ2v) is 9.55. The van der Waals surface area contributed by atoms with Gasteiger partial charge < -0.3 is 4.57 Å². The van der Waals surface area contributed by atoms with Crippen LogP contribution in [0.4, 0.5) is 0 Å². The molecule has 1 aromatic carbocycles. The van der Waals surface area contributed by atoms with Crippen LogP contribution in [0.15, 0.2) is 41.3 Å². The lowest BCUT2D eigenvalue weighted by Gasteiger charge is -2.16. The molecule has 0 amide bonds. The van der Waals surface area contributed by atoms with Crippen molar-refractivity contribution in [3.8, 4) is 0 Å². The summed E-state index contributed by atoms with van der Waals surface area (Å²) in [7, 11) is -3.01. The number of carbonyl (C=O) groups is 1. The zero-order chi connectivity index (χ0) is 20.1. The van der Waals surface area contributed by atoms with Gasteiger partial charge in [-0.1, -0.05) is 12.1 Å². The number of hydrogen-bond acceptors (Lipinski definition) is 5. The molecule has 8 heteroatoms. The Bertz CT molecular complexity index is 1250. The van der Waals surface area contributed by atoms with E-state index in [-0.39, 0.29) is 35.3 Å². The molecule has 0 unspecified atom stereocenters. The van der Waals surface area contributed by atoms with Crippen LogP contribution < -0.4 is 5.43 Å². The van der Waals surface area contributed by atoms with Crippen molar-refractivity contribution in [1.82, 2.24) is 14.3 Å². The van der Waals surface area contributed by atoms with Crippen molar-refractivity contribution in [2.45, 2.75) is 32.9 Å². The van der Waals surface area contributed by atoms with E-state index >= 15 is 0 Å². The van der Waals surface area contributed by atoms with Crippen LogP contribution in [-0.4, -0.2) is 40.1 Å². The van der Waals surface area contributed by atoms with Gasteiger partial charge in [-0.05, 0) is 38.5 Å². The Morgan fingerprint density at radius 3 is 2.71 bits per heavy atom. The number of nitrogens with zero attached hydrogens (tertiary/aromatic N) is 3. The van der Waals surface area contributed by atoms with E-state index in [1.54, 1.807) is 24.3 Å². The van der Waals surface area contributed by atoms with Gasteiger partial charge in [0.25, 0.3) is 0 Å². The van der Waals surface area contributed by atoms with E-state index in [2.05, 4.69) is 5.10 Å². The minimum absolute atomic E-state index is 0.00799. The van der Waals surface area contributed by atoms with E-state index in [9.17, 15) is 18.0 Å². The number of benzene rings is 1. The number of para-hydroxylation sites is 1. The lowest BCUT2D eigenvalue weighted by Crippen LogP contribution is -2.18. The van der Waals surface area contributed by atoms with Crippen LogP contribution in [0.2, 0.25) is 0 Å². The first-order chi connectivity index (χ1) is 13.3. The lowest BCUT2D eigenvalue weighted by atomic mass is 10.1. The van der Waals surface area contributed by atoms with Crippen LogP contribution in [0.1, 0.15) is 34.2 Å². The second-order valence-electron chi connectivity index (χ2n) is 7.32. The summed E-state index contributed by atoms with van der Waals surface area (Å²) in [6.07, 6.45) is 1.79. The summed E-state index contributed by atoms with van der Waals surface area (Å²) in [5.74, 6) is 0.176. The molecule has 0 spiro atoms. The number of aromatic nitrogens is 3. The molecule has 2 aromatic heterocycles. The van der Waals surface area contributed by atoms with E-state index in [0.29, 0.717) is 22.9 Å². The maximum atomic E-state index is 13.0. The number of aryl methyl sites for hydroxylation is 1. The minimum Gasteiger partial charge on any atom is -0.344 e. The summed E-state index contributed by atoms with van der Waals surface area (Å²) in [5, 5.41) is 4.64. The number of carbonyl (C=O) groups excluding carboxylic acids is 1. The molecule has 1 aliphatic rings. The summed E-state index contributed by atoms with van der Waals surface area (Å²) in [6, 6.07) is 8.75. The number of Topliss-reactive ketones (excluding diaryl/α,β-unsaturated/α-hetero) is 1. The largest absolute Gasteiger partial charge is 0.344 e. The third kappa shape index (κ3) is 3.17. The summed E-state index contributed by atoms with van der Waals surface area (Å²) in [6.45, 7) is 3.75. The molecule has 0 bridgehead atoms. The van der Waals surface area contributed by atoms with Crippen LogP contribution in [0.5, 0.6) is 0 Å². The molecule has 146 valence electrons. The Morgan fingerprint density at radius 1 is 1.25 bits per heavy atom. The highest BCUT2D eigenvalue weighted by molar-refractivity contribution is 7.91. The fraction of sp³-hybridized carbons (Fsp3) is 0.350. The first-order valence-corrected chi connectivity index (χ1v) is 11.0. The fourth-order valence-electron chi connectivity index (χ4n) is 4.11. The highest BCUT2D eigenvalue weighted by Gasteiger charge is 2.31. The maximum Gasteiger partial charge on any atom is 0.207 e. The normalized spacial score (nSPS) is 18.6. The molecule has 1 aliphatic heterocycles. The molecule has 0 radical (unpaired) electrons. The van der Waals surface area contributed by atoms with Gasteiger partial charge in [-0.15, -0.1) is 0 Å². The lowest BCUT2D eigenvalue weighted by molar-refractivity contribution is 0.0968. The molecule has 0 N–H and O–H groups in total. The predicted molar refractivity (Wildman–Crippen MR) is 107 cm³/mol. The molecule has 1 atom stereocenters. The SMILES string of the molecule is Cc1cc(C(=O)Cn2ncc(=O)c3ccccc32)c(C)n1[C@H]1CCS(=O)(=O)C1. The van der Waals surface area contributed by atoms with Gasteiger partial charge in [0.2, 0.25) is 5.43 Å². The van der Waals surface area contributed by atoms with Gasteiger partial charge in [-0.25, -0.2) is 8.42 Å². The molecule has 4 rings (SSSR count). The van der Waals surface area contributed by atoms with Gasteiger partial charge in [-0.2, -0.15) is 5.10 Å². The average molecular weight is 399 g/mol. The van der Waals surface area contributed by atoms with E-state index in [0.717, 1.165) is 11.4 Å². The molecule has 1 fully saturated rings. The van der Waals surface area contributed by atoms with Gasteiger partial charge in [0, 0.05) is 28.4 Å². The smallest absolute Gasteiger partial charge is 0.207 e. The Kier molecular flexibility index (Phi) is 4.45. The first-order valence-electron chi connectivity index (χ1n) is 9.14. The number of ketones is 1. The van der Waals surface area contributed by atoms with E-state index in [1.165, 1.54) is 10.9 Å². The monoisotopic (exact) mass is 399 g/mol. The van der Waals surface area contributed by atoms with Crippen molar-refractivity contribution >= 4 is 26.5 Å². The zero-order valence-corrected chi connectivity index (χ0v) is 16.6.